The quantitative estimate of drug-likeness (QED) is 0.588. The van der Waals surface area contributed by atoms with Crippen LogP contribution in [-0.2, 0) is 16.1 Å². The van der Waals surface area contributed by atoms with Crippen LogP contribution in [0.1, 0.15) is 12.0 Å². The zero-order chi connectivity index (χ0) is 11.1. The molecule has 1 rings (SSSR count). The Bertz CT molecular complexity index is 354. The van der Waals surface area contributed by atoms with Gasteiger partial charge in [-0.15, -0.1) is 12.3 Å². The van der Waals surface area contributed by atoms with Gasteiger partial charge in [-0.1, -0.05) is 30.3 Å². The van der Waals surface area contributed by atoms with E-state index in [0.29, 0.717) is 0 Å². The van der Waals surface area contributed by atoms with Crippen molar-refractivity contribution in [3.05, 3.63) is 35.9 Å². The highest BCUT2D eigenvalue weighted by Gasteiger charge is 2.13. The second-order valence-electron chi connectivity index (χ2n) is 3.11. The summed E-state index contributed by atoms with van der Waals surface area (Å²) < 4.78 is 4.98. The number of hydrogen-bond donors (Lipinski definition) is 1. The second-order valence-corrected chi connectivity index (χ2v) is 3.11. The van der Waals surface area contributed by atoms with Crippen LogP contribution in [0.2, 0.25) is 0 Å². The molecule has 0 aliphatic heterocycles. The van der Waals surface area contributed by atoms with Crippen LogP contribution in [0.25, 0.3) is 0 Å². The van der Waals surface area contributed by atoms with Crippen LogP contribution in [0.15, 0.2) is 30.3 Å². The Labute approximate surface area is 89.2 Å². The number of esters is 1. The zero-order valence-electron chi connectivity index (χ0n) is 8.35. The fourth-order valence-electron chi connectivity index (χ4n) is 1.05. The lowest BCUT2D eigenvalue weighted by Crippen LogP contribution is -2.31. The molecule has 0 saturated carbocycles. The molecule has 0 aromatic heterocycles. The average molecular weight is 203 g/mol. The standard InChI is InChI=1S/C12H13NO2/c1-2-6-11(13)12(14)15-9-10-7-4-3-5-8-10/h1,3-5,7-8,11H,6,9,13H2/t11-/m0/s1. The smallest absolute Gasteiger partial charge is 0.324 e. The molecule has 0 spiro atoms. The van der Waals surface area contributed by atoms with Gasteiger partial charge in [0.2, 0.25) is 0 Å². The molecule has 0 heterocycles. The summed E-state index contributed by atoms with van der Waals surface area (Å²) in [5.74, 6) is 1.86. The number of ether oxygens (including phenoxy) is 1. The molecule has 1 aromatic carbocycles. The molecule has 0 fully saturated rings. The topological polar surface area (TPSA) is 52.3 Å². The number of hydrogen-bond acceptors (Lipinski definition) is 3. The van der Waals surface area contributed by atoms with Crippen LogP contribution in [0.4, 0.5) is 0 Å². The molecule has 2 N–H and O–H groups in total. The fraction of sp³-hybridized carbons (Fsp3) is 0.250. The molecule has 0 radical (unpaired) electrons. The minimum atomic E-state index is -0.723. The van der Waals surface area contributed by atoms with Crippen molar-refractivity contribution in [1.82, 2.24) is 0 Å². The predicted molar refractivity (Wildman–Crippen MR) is 57.7 cm³/mol. The molecule has 0 unspecified atom stereocenters. The molecule has 0 bridgehead atoms. The fourth-order valence-corrected chi connectivity index (χ4v) is 1.05. The Kier molecular flexibility index (Phi) is 4.39. The van der Waals surface area contributed by atoms with Gasteiger partial charge >= 0.3 is 5.97 Å². The Morgan fingerprint density at radius 1 is 1.47 bits per heavy atom. The Morgan fingerprint density at radius 3 is 2.73 bits per heavy atom. The first-order valence-electron chi connectivity index (χ1n) is 4.63. The van der Waals surface area contributed by atoms with Crippen LogP contribution < -0.4 is 5.73 Å². The van der Waals surface area contributed by atoms with Gasteiger partial charge < -0.3 is 10.5 Å². The van der Waals surface area contributed by atoms with E-state index in [4.69, 9.17) is 16.9 Å². The molecular weight excluding hydrogens is 190 g/mol. The van der Waals surface area contributed by atoms with Gasteiger partial charge in [-0.25, -0.2) is 0 Å². The van der Waals surface area contributed by atoms with Crippen molar-refractivity contribution in [1.29, 1.82) is 0 Å². The summed E-state index contributed by atoms with van der Waals surface area (Å²) in [6.07, 6.45) is 5.24. The lowest BCUT2D eigenvalue weighted by Gasteiger charge is -2.08. The van der Waals surface area contributed by atoms with E-state index in [1.54, 1.807) is 0 Å². The predicted octanol–water partition coefficient (Wildman–Crippen LogP) is 1.08. The van der Waals surface area contributed by atoms with E-state index < -0.39 is 12.0 Å². The number of rotatable bonds is 4. The summed E-state index contributed by atoms with van der Waals surface area (Å²) in [6, 6.07) is 8.68. The van der Waals surface area contributed by atoms with Crippen molar-refractivity contribution in [2.75, 3.05) is 0 Å². The van der Waals surface area contributed by atoms with Crippen molar-refractivity contribution in [2.24, 2.45) is 5.73 Å². The molecule has 0 saturated heterocycles. The first-order valence-corrected chi connectivity index (χ1v) is 4.63. The summed E-state index contributed by atoms with van der Waals surface area (Å²) in [4.78, 5) is 11.3. The summed E-state index contributed by atoms with van der Waals surface area (Å²) in [6.45, 7) is 0.234. The van der Waals surface area contributed by atoms with Gasteiger partial charge in [0.1, 0.15) is 12.6 Å². The number of terminal acetylenes is 1. The molecule has 0 amide bonds. The summed E-state index contributed by atoms with van der Waals surface area (Å²) in [5, 5.41) is 0. The van der Waals surface area contributed by atoms with E-state index in [-0.39, 0.29) is 13.0 Å². The molecule has 0 aliphatic rings. The van der Waals surface area contributed by atoms with Gasteiger partial charge in [0, 0.05) is 6.42 Å². The van der Waals surface area contributed by atoms with E-state index in [0.717, 1.165) is 5.56 Å². The van der Waals surface area contributed by atoms with Crippen molar-refractivity contribution in [3.63, 3.8) is 0 Å². The first kappa shape index (κ1) is 11.3. The molecular formula is C12H13NO2. The molecule has 3 nitrogen and oxygen atoms in total. The third-order valence-electron chi connectivity index (χ3n) is 1.86. The van der Waals surface area contributed by atoms with Crippen LogP contribution in [0, 0.1) is 12.3 Å². The van der Waals surface area contributed by atoms with Crippen LogP contribution in [0.5, 0.6) is 0 Å². The largest absolute Gasteiger partial charge is 0.460 e. The van der Waals surface area contributed by atoms with Gasteiger partial charge in [0.25, 0.3) is 0 Å². The Morgan fingerprint density at radius 2 is 2.13 bits per heavy atom. The number of nitrogens with two attached hydrogens (primary N) is 1. The van der Waals surface area contributed by atoms with E-state index in [1.165, 1.54) is 0 Å². The molecule has 78 valence electrons. The Hall–Kier alpha value is -1.79. The lowest BCUT2D eigenvalue weighted by atomic mass is 10.2. The normalized spacial score (nSPS) is 11.5. The molecule has 15 heavy (non-hydrogen) atoms. The number of benzene rings is 1. The maximum Gasteiger partial charge on any atom is 0.324 e. The first-order chi connectivity index (χ1) is 7.24. The van der Waals surface area contributed by atoms with E-state index in [9.17, 15) is 4.79 Å². The van der Waals surface area contributed by atoms with E-state index >= 15 is 0 Å². The van der Waals surface area contributed by atoms with Crippen molar-refractivity contribution < 1.29 is 9.53 Å². The van der Waals surface area contributed by atoms with Crippen LogP contribution in [0.3, 0.4) is 0 Å². The number of carbonyl (C=O) groups excluding carboxylic acids is 1. The molecule has 1 atom stereocenters. The van der Waals surface area contributed by atoms with Crippen molar-refractivity contribution >= 4 is 5.97 Å². The summed E-state index contributed by atoms with van der Waals surface area (Å²) >= 11 is 0. The highest BCUT2D eigenvalue weighted by atomic mass is 16.5. The van der Waals surface area contributed by atoms with E-state index in [1.807, 2.05) is 30.3 Å². The van der Waals surface area contributed by atoms with Gasteiger partial charge in [0.15, 0.2) is 0 Å². The number of carbonyl (C=O) groups is 1. The second kappa shape index (κ2) is 5.84. The maximum absolute atomic E-state index is 11.3. The van der Waals surface area contributed by atoms with Crippen molar-refractivity contribution in [3.8, 4) is 12.3 Å². The van der Waals surface area contributed by atoms with E-state index in [2.05, 4.69) is 5.92 Å². The van der Waals surface area contributed by atoms with Crippen LogP contribution >= 0.6 is 0 Å². The average Bonchev–Trinajstić information content (AvgIpc) is 2.27. The molecule has 3 heteroatoms. The van der Waals surface area contributed by atoms with Gasteiger partial charge in [0.05, 0.1) is 0 Å². The maximum atomic E-state index is 11.3. The van der Waals surface area contributed by atoms with Gasteiger partial charge in [-0.05, 0) is 5.56 Å². The molecule has 0 aliphatic carbocycles. The third-order valence-corrected chi connectivity index (χ3v) is 1.86. The highest BCUT2D eigenvalue weighted by molar-refractivity contribution is 5.75. The third kappa shape index (κ3) is 3.84. The van der Waals surface area contributed by atoms with Gasteiger partial charge in [-0.2, -0.15) is 0 Å². The summed E-state index contributed by atoms with van der Waals surface area (Å²) in [5.41, 5.74) is 6.40. The summed E-state index contributed by atoms with van der Waals surface area (Å²) in [7, 11) is 0. The minimum Gasteiger partial charge on any atom is -0.460 e. The lowest BCUT2D eigenvalue weighted by molar-refractivity contribution is -0.146. The highest BCUT2D eigenvalue weighted by Crippen LogP contribution is 2.02. The SMILES string of the molecule is C#CC[C@H](N)C(=O)OCc1ccccc1. The van der Waals surface area contributed by atoms with Crippen LogP contribution in [-0.4, -0.2) is 12.0 Å². The zero-order valence-corrected chi connectivity index (χ0v) is 8.35. The minimum absolute atomic E-state index is 0.202. The molecule has 1 aromatic rings. The van der Waals surface area contributed by atoms with Gasteiger partial charge in [-0.3, -0.25) is 4.79 Å². The monoisotopic (exact) mass is 203 g/mol. The van der Waals surface area contributed by atoms with Crippen molar-refractivity contribution in [2.45, 2.75) is 19.1 Å². The Balaban J connectivity index is 2.38.